The van der Waals surface area contributed by atoms with Crippen molar-refractivity contribution in [3.05, 3.63) is 34.3 Å². The molecule has 1 atom stereocenters. The van der Waals surface area contributed by atoms with Gasteiger partial charge in [-0.1, -0.05) is 54.9 Å². The Bertz CT molecular complexity index is 381. The number of benzene rings is 1. The topological polar surface area (TPSA) is 21.3 Å². The SMILES string of the molecule is CCCNCC(CCOCCC(C)C)c1ccccc1Br. The minimum atomic E-state index is 0.506. The predicted octanol–water partition coefficient (Wildman–Crippen LogP) is 4.99. The molecule has 0 aliphatic heterocycles. The van der Waals surface area contributed by atoms with Gasteiger partial charge in [0.2, 0.25) is 0 Å². The Kier molecular flexibility index (Phi) is 9.98. The van der Waals surface area contributed by atoms with E-state index in [2.05, 4.69) is 66.3 Å². The molecule has 0 aliphatic rings. The molecule has 0 aromatic heterocycles. The van der Waals surface area contributed by atoms with Crippen molar-refractivity contribution >= 4 is 15.9 Å². The highest BCUT2D eigenvalue weighted by Gasteiger charge is 2.14. The van der Waals surface area contributed by atoms with Crippen LogP contribution in [0.1, 0.15) is 51.5 Å². The number of rotatable bonds is 11. The van der Waals surface area contributed by atoms with Crippen LogP contribution in [0, 0.1) is 5.92 Å². The molecule has 0 saturated carbocycles. The van der Waals surface area contributed by atoms with Crippen LogP contribution in [0.5, 0.6) is 0 Å². The molecule has 0 amide bonds. The van der Waals surface area contributed by atoms with E-state index in [0.717, 1.165) is 45.1 Å². The third kappa shape index (κ3) is 7.98. The van der Waals surface area contributed by atoms with Crippen molar-refractivity contribution in [1.29, 1.82) is 0 Å². The Morgan fingerprint density at radius 2 is 1.86 bits per heavy atom. The third-order valence-electron chi connectivity index (χ3n) is 3.61. The van der Waals surface area contributed by atoms with Crippen molar-refractivity contribution in [2.75, 3.05) is 26.3 Å². The standard InChI is InChI=1S/C18H30BrNO/c1-4-11-20-14-16(10-13-21-12-9-15(2)3)17-7-5-6-8-18(17)19/h5-8,15-16,20H,4,9-14H2,1-3H3. The fourth-order valence-electron chi connectivity index (χ4n) is 2.27. The molecule has 21 heavy (non-hydrogen) atoms. The van der Waals surface area contributed by atoms with Gasteiger partial charge in [-0.25, -0.2) is 0 Å². The summed E-state index contributed by atoms with van der Waals surface area (Å²) in [6.07, 6.45) is 3.39. The molecule has 0 spiro atoms. The molecule has 1 unspecified atom stereocenters. The van der Waals surface area contributed by atoms with Gasteiger partial charge in [0.05, 0.1) is 0 Å². The molecule has 1 aromatic carbocycles. The molecule has 3 heteroatoms. The molecule has 1 rings (SSSR count). The molecule has 1 N–H and O–H groups in total. The van der Waals surface area contributed by atoms with E-state index in [0.29, 0.717) is 5.92 Å². The number of hydrogen-bond acceptors (Lipinski definition) is 2. The van der Waals surface area contributed by atoms with Gasteiger partial charge in [-0.15, -0.1) is 0 Å². The summed E-state index contributed by atoms with van der Waals surface area (Å²) in [5.74, 6) is 1.22. The molecule has 0 fully saturated rings. The molecule has 120 valence electrons. The van der Waals surface area contributed by atoms with Gasteiger partial charge in [0.25, 0.3) is 0 Å². The largest absolute Gasteiger partial charge is 0.381 e. The highest BCUT2D eigenvalue weighted by Crippen LogP contribution is 2.27. The average molecular weight is 356 g/mol. The van der Waals surface area contributed by atoms with Crippen LogP contribution in [0.4, 0.5) is 0 Å². The lowest BCUT2D eigenvalue weighted by atomic mass is 9.96. The fraction of sp³-hybridized carbons (Fsp3) is 0.667. The van der Waals surface area contributed by atoms with Gasteiger partial charge in [0.1, 0.15) is 0 Å². The van der Waals surface area contributed by atoms with Crippen LogP contribution < -0.4 is 5.32 Å². The fourth-order valence-corrected chi connectivity index (χ4v) is 2.88. The first kappa shape index (κ1) is 18.7. The van der Waals surface area contributed by atoms with Crippen molar-refractivity contribution in [1.82, 2.24) is 5.32 Å². The number of ether oxygens (including phenoxy) is 1. The second-order valence-corrected chi connectivity index (χ2v) is 6.86. The number of halogens is 1. The molecule has 0 radical (unpaired) electrons. The summed E-state index contributed by atoms with van der Waals surface area (Å²) in [7, 11) is 0. The Labute approximate surface area is 138 Å². The summed E-state index contributed by atoms with van der Waals surface area (Å²) >= 11 is 3.68. The van der Waals surface area contributed by atoms with E-state index in [9.17, 15) is 0 Å². The van der Waals surface area contributed by atoms with Crippen LogP contribution in [0.3, 0.4) is 0 Å². The average Bonchev–Trinajstić information content (AvgIpc) is 2.46. The lowest BCUT2D eigenvalue weighted by Crippen LogP contribution is -2.23. The van der Waals surface area contributed by atoms with E-state index in [4.69, 9.17) is 4.74 Å². The summed E-state index contributed by atoms with van der Waals surface area (Å²) in [4.78, 5) is 0. The van der Waals surface area contributed by atoms with Gasteiger partial charge in [0, 0.05) is 24.2 Å². The maximum Gasteiger partial charge on any atom is 0.0472 e. The predicted molar refractivity (Wildman–Crippen MR) is 94.9 cm³/mol. The lowest BCUT2D eigenvalue weighted by Gasteiger charge is -2.19. The molecule has 0 saturated heterocycles. The second-order valence-electron chi connectivity index (χ2n) is 6.01. The van der Waals surface area contributed by atoms with Crippen LogP contribution in [-0.4, -0.2) is 26.3 Å². The molecule has 2 nitrogen and oxygen atoms in total. The molecule has 0 bridgehead atoms. The summed E-state index contributed by atoms with van der Waals surface area (Å²) in [5, 5.41) is 3.54. The van der Waals surface area contributed by atoms with E-state index in [1.165, 1.54) is 16.5 Å². The van der Waals surface area contributed by atoms with Crippen LogP contribution >= 0.6 is 15.9 Å². The van der Waals surface area contributed by atoms with Crippen molar-refractivity contribution in [2.24, 2.45) is 5.92 Å². The zero-order valence-electron chi connectivity index (χ0n) is 13.7. The van der Waals surface area contributed by atoms with Crippen LogP contribution in [0.2, 0.25) is 0 Å². The van der Waals surface area contributed by atoms with Gasteiger partial charge in [-0.2, -0.15) is 0 Å². The van der Waals surface area contributed by atoms with Gasteiger partial charge >= 0.3 is 0 Å². The minimum Gasteiger partial charge on any atom is -0.381 e. The zero-order chi connectivity index (χ0) is 15.5. The van der Waals surface area contributed by atoms with Crippen LogP contribution in [-0.2, 0) is 4.74 Å². The van der Waals surface area contributed by atoms with Crippen LogP contribution in [0.15, 0.2) is 28.7 Å². The normalized spacial score (nSPS) is 12.8. The van der Waals surface area contributed by atoms with E-state index in [-0.39, 0.29) is 0 Å². The maximum atomic E-state index is 5.80. The summed E-state index contributed by atoms with van der Waals surface area (Å²) in [6, 6.07) is 8.54. The maximum absolute atomic E-state index is 5.80. The van der Waals surface area contributed by atoms with Gasteiger partial charge < -0.3 is 10.1 Å². The van der Waals surface area contributed by atoms with Gasteiger partial charge in [0.15, 0.2) is 0 Å². The minimum absolute atomic E-state index is 0.506. The summed E-state index contributed by atoms with van der Waals surface area (Å²) < 4.78 is 7.00. The second kappa shape index (κ2) is 11.2. The zero-order valence-corrected chi connectivity index (χ0v) is 15.3. The first-order valence-electron chi connectivity index (χ1n) is 8.18. The molecule has 0 aliphatic carbocycles. The third-order valence-corrected chi connectivity index (χ3v) is 4.33. The molecular weight excluding hydrogens is 326 g/mol. The van der Waals surface area contributed by atoms with E-state index < -0.39 is 0 Å². The highest BCUT2D eigenvalue weighted by molar-refractivity contribution is 9.10. The van der Waals surface area contributed by atoms with E-state index in [1.807, 2.05) is 0 Å². The number of hydrogen-bond donors (Lipinski definition) is 1. The Morgan fingerprint density at radius 3 is 2.52 bits per heavy atom. The smallest absolute Gasteiger partial charge is 0.0472 e. The van der Waals surface area contributed by atoms with Crippen molar-refractivity contribution < 1.29 is 4.74 Å². The van der Waals surface area contributed by atoms with E-state index in [1.54, 1.807) is 0 Å². The summed E-state index contributed by atoms with van der Waals surface area (Å²) in [5.41, 5.74) is 1.38. The van der Waals surface area contributed by atoms with Crippen molar-refractivity contribution in [3.63, 3.8) is 0 Å². The molecule has 0 heterocycles. The van der Waals surface area contributed by atoms with Crippen molar-refractivity contribution in [3.8, 4) is 0 Å². The number of nitrogens with one attached hydrogen (secondary N) is 1. The first-order chi connectivity index (χ1) is 10.1. The Balaban J connectivity index is 2.47. The summed E-state index contributed by atoms with van der Waals surface area (Å²) in [6.45, 7) is 10.5. The van der Waals surface area contributed by atoms with Crippen molar-refractivity contribution in [2.45, 2.75) is 46.0 Å². The first-order valence-corrected chi connectivity index (χ1v) is 8.97. The Morgan fingerprint density at radius 1 is 1.14 bits per heavy atom. The molecular formula is C18H30BrNO. The van der Waals surface area contributed by atoms with Gasteiger partial charge in [-0.05, 0) is 49.3 Å². The van der Waals surface area contributed by atoms with Gasteiger partial charge in [-0.3, -0.25) is 0 Å². The highest BCUT2D eigenvalue weighted by atomic mass is 79.9. The quantitative estimate of drug-likeness (QED) is 0.564. The Hall–Kier alpha value is -0.380. The van der Waals surface area contributed by atoms with E-state index >= 15 is 0 Å². The molecule has 1 aromatic rings. The monoisotopic (exact) mass is 355 g/mol. The lowest BCUT2D eigenvalue weighted by molar-refractivity contribution is 0.116. The van der Waals surface area contributed by atoms with Crippen LogP contribution in [0.25, 0.3) is 0 Å².